The Hall–Kier alpha value is -6.96. The van der Waals surface area contributed by atoms with Crippen LogP contribution in [0, 0.1) is 0 Å². The lowest BCUT2D eigenvalue weighted by Crippen LogP contribution is -2.21. The van der Waals surface area contributed by atoms with Gasteiger partial charge in [-0.25, -0.2) is 0 Å². The summed E-state index contributed by atoms with van der Waals surface area (Å²) in [5.74, 6) is 0. The molecule has 0 radical (unpaired) electrons. The van der Waals surface area contributed by atoms with Gasteiger partial charge >= 0.3 is 0 Å². The zero-order valence-electron chi connectivity index (χ0n) is 31.4. The van der Waals surface area contributed by atoms with Gasteiger partial charge in [0.2, 0.25) is 0 Å². The van der Waals surface area contributed by atoms with Crippen molar-refractivity contribution >= 4 is 49.4 Å². The molecule has 9 aromatic carbocycles. The van der Waals surface area contributed by atoms with Crippen LogP contribution in [-0.4, -0.2) is 0 Å². The first kappa shape index (κ1) is 33.6. The Morgan fingerprint density at radius 2 is 0.964 bits per heavy atom. The van der Waals surface area contributed by atoms with Gasteiger partial charge in [0.05, 0.1) is 0 Å². The summed E-state index contributed by atoms with van der Waals surface area (Å²) in [6.45, 7) is 2.36. The average Bonchev–Trinajstić information content (AvgIpc) is 3.27. The molecule has 266 valence electrons. The number of anilines is 3. The highest BCUT2D eigenvalue weighted by Gasteiger charge is 2.28. The standard InChI is InChI=1S/C55H41N/c1-55(35-13-4-14-36-55)53-38-47(33-34-48(53)41-17-7-3-8-18-41)56(45-29-25-40(26-30-45)39-15-5-2-6-16-39)46-31-27-43(28-32-46)52-37-44-24-23-42-19-9-10-20-49(42)54(44)51-22-12-11-21-50(51)52/h2-35,37-38H,36H2,1H3. The second kappa shape index (κ2) is 14.0. The van der Waals surface area contributed by atoms with E-state index < -0.39 is 0 Å². The van der Waals surface area contributed by atoms with Gasteiger partial charge < -0.3 is 4.90 Å². The Bertz CT molecular complexity index is 2920. The van der Waals surface area contributed by atoms with Crippen LogP contribution in [0.1, 0.15) is 18.9 Å². The van der Waals surface area contributed by atoms with E-state index in [-0.39, 0.29) is 5.41 Å². The summed E-state index contributed by atoms with van der Waals surface area (Å²) in [6.07, 6.45) is 9.96. The maximum Gasteiger partial charge on any atom is 0.0465 e. The summed E-state index contributed by atoms with van der Waals surface area (Å²) in [5.41, 5.74) is 11.9. The molecule has 0 saturated carbocycles. The average molecular weight is 716 g/mol. The van der Waals surface area contributed by atoms with Crippen molar-refractivity contribution < 1.29 is 0 Å². The second-order valence-electron chi connectivity index (χ2n) is 15.2. The van der Waals surface area contributed by atoms with Crippen LogP contribution in [-0.2, 0) is 5.41 Å². The molecule has 0 N–H and O–H groups in total. The van der Waals surface area contributed by atoms with Crippen molar-refractivity contribution in [3.8, 4) is 33.4 Å². The van der Waals surface area contributed by atoms with Crippen molar-refractivity contribution in [2.45, 2.75) is 18.8 Å². The summed E-state index contributed by atoms with van der Waals surface area (Å²) in [7, 11) is 0. The van der Waals surface area contributed by atoms with Crippen molar-refractivity contribution in [2.24, 2.45) is 0 Å². The lowest BCUT2D eigenvalue weighted by Gasteiger charge is -2.33. The molecule has 0 bridgehead atoms. The van der Waals surface area contributed by atoms with Gasteiger partial charge in [0.1, 0.15) is 0 Å². The van der Waals surface area contributed by atoms with Crippen LogP contribution in [0.25, 0.3) is 65.7 Å². The van der Waals surface area contributed by atoms with E-state index in [0.29, 0.717) is 0 Å². The lowest BCUT2D eigenvalue weighted by atomic mass is 9.74. The normalized spacial score (nSPS) is 15.1. The van der Waals surface area contributed by atoms with Crippen LogP contribution in [0.3, 0.4) is 0 Å². The van der Waals surface area contributed by atoms with Crippen LogP contribution >= 0.6 is 0 Å². The van der Waals surface area contributed by atoms with E-state index in [1.807, 2.05) is 0 Å². The van der Waals surface area contributed by atoms with Gasteiger partial charge in [-0.05, 0) is 120 Å². The van der Waals surface area contributed by atoms with E-state index in [0.717, 1.165) is 23.5 Å². The number of hydrogen-bond donors (Lipinski definition) is 0. The third-order valence-corrected chi connectivity index (χ3v) is 11.6. The number of rotatable bonds is 7. The molecule has 9 aromatic rings. The summed E-state index contributed by atoms with van der Waals surface area (Å²) < 4.78 is 0. The molecule has 1 heteroatoms. The van der Waals surface area contributed by atoms with E-state index in [1.54, 1.807) is 0 Å². The van der Waals surface area contributed by atoms with Crippen LogP contribution < -0.4 is 4.90 Å². The summed E-state index contributed by atoms with van der Waals surface area (Å²) in [5, 5.41) is 7.68. The minimum atomic E-state index is -0.148. The topological polar surface area (TPSA) is 3.24 Å². The zero-order chi connectivity index (χ0) is 37.5. The fraction of sp³-hybridized carbons (Fsp3) is 0.0545. The zero-order valence-corrected chi connectivity index (χ0v) is 31.4. The van der Waals surface area contributed by atoms with Gasteiger partial charge in [0.15, 0.2) is 0 Å². The number of nitrogens with zero attached hydrogens (tertiary/aromatic N) is 1. The van der Waals surface area contributed by atoms with E-state index in [2.05, 4.69) is 230 Å². The molecular weight excluding hydrogens is 675 g/mol. The summed E-state index contributed by atoms with van der Waals surface area (Å²) >= 11 is 0. The fourth-order valence-corrected chi connectivity index (χ4v) is 8.73. The van der Waals surface area contributed by atoms with Crippen molar-refractivity contribution in [1.29, 1.82) is 0 Å². The molecule has 0 aromatic heterocycles. The third kappa shape index (κ3) is 5.99. The first-order chi connectivity index (χ1) is 27.6. The lowest BCUT2D eigenvalue weighted by molar-refractivity contribution is 0.601. The van der Waals surface area contributed by atoms with Gasteiger partial charge in [0, 0.05) is 22.5 Å². The Balaban J connectivity index is 1.12. The summed E-state index contributed by atoms with van der Waals surface area (Å²) in [4.78, 5) is 2.41. The highest BCUT2D eigenvalue weighted by Crippen LogP contribution is 2.45. The molecule has 0 saturated heterocycles. The minimum Gasteiger partial charge on any atom is -0.310 e. The molecule has 0 spiro atoms. The summed E-state index contributed by atoms with van der Waals surface area (Å²) in [6, 6.07) is 71.1. The van der Waals surface area contributed by atoms with Crippen molar-refractivity contribution in [3.05, 3.63) is 224 Å². The molecule has 0 fully saturated rings. The van der Waals surface area contributed by atoms with Crippen molar-refractivity contribution in [1.82, 2.24) is 0 Å². The number of allylic oxidation sites excluding steroid dienone is 4. The van der Waals surface area contributed by atoms with Crippen LogP contribution in [0.2, 0.25) is 0 Å². The quantitative estimate of drug-likeness (QED) is 0.149. The molecule has 0 aliphatic heterocycles. The van der Waals surface area contributed by atoms with Gasteiger partial charge in [0.25, 0.3) is 0 Å². The Morgan fingerprint density at radius 1 is 0.411 bits per heavy atom. The first-order valence-corrected chi connectivity index (χ1v) is 19.6. The van der Waals surface area contributed by atoms with E-state index in [1.165, 1.54) is 71.3 Å². The monoisotopic (exact) mass is 715 g/mol. The van der Waals surface area contributed by atoms with E-state index >= 15 is 0 Å². The predicted molar refractivity (Wildman–Crippen MR) is 240 cm³/mol. The number of fused-ring (bicyclic) bond motifs is 5. The molecule has 1 atom stereocenters. The molecule has 1 aliphatic rings. The van der Waals surface area contributed by atoms with Gasteiger partial charge in [-0.3, -0.25) is 0 Å². The molecule has 1 unspecified atom stereocenters. The predicted octanol–water partition coefficient (Wildman–Crippen LogP) is 15.4. The second-order valence-corrected chi connectivity index (χ2v) is 15.2. The van der Waals surface area contributed by atoms with Crippen LogP contribution in [0.15, 0.2) is 218 Å². The molecular formula is C55H41N. The minimum absolute atomic E-state index is 0.148. The molecule has 1 aliphatic carbocycles. The van der Waals surface area contributed by atoms with Gasteiger partial charge in [-0.15, -0.1) is 0 Å². The Labute approximate surface area is 329 Å². The van der Waals surface area contributed by atoms with E-state index in [4.69, 9.17) is 0 Å². The van der Waals surface area contributed by atoms with Crippen LogP contribution in [0.4, 0.5) is 17.1 Å². The van der Waals surface area contributed by atoms with Gasteiger partial charge in [-0.1, -0.05) is 183 Å². The Kier molecular flexibility index (Phi) is 8.42. The molecule has 56 heavy (non-hydrogen) atoms. The molecule has 1 nitrogen and oxygen atoms in total. The maximum absolute atomic E-state index is 2.42. The first-order valence-electron chi connectivity index (χ1n) is 19.6. The smallest absolute Gasteiger partial charge is 0.0465 e. The Morgan fingerprint density at radius 3 is 1.66 bits per heavy atom. The van der Waals surface area contributed by atoms with E-state index in [9.17, 15) is 0 Å². The maximum atomic E-state index is 2.42. The van der Waals surface area contributed by atoms with Crippen LogP contribution in [0.5, 0.6) is 0 Å². The SMILES string of the molecule is CC1(c2cc(N(c3ccc(-c4ccccc4)cc3)c3ccc(-c4cc5ccc6ccccc6c5c5ccccc45)cc3)ccc2-c2ccccc2)C=CC=CC1. The fourth-order valence-electron chi connectivity index (χ4n) is 8.73. The molecule has 0 amide bonds. The number of benzene rings is 9. The van der Waals surface area contributed by atoms with Crippen molar-refractivity contribution in [3.63, 3.8) is 0 Å². The largest absolute Gasteiger partial charge is 0.310 e. The third-order valence-electron chi connectivity index (χ3n) is 11.6. The number of hydrogen-bond acceptors (Lipinski definition) is 1. The molecule has 0 heterocycles. The molecule has 10 rings (SSSR count). The highest BCUT2D eigenvalue weighted by molar-refractivity contribution is 6.23. The highest BCUT2D eigenvalue weighted by atomic mass is 15.1. The van der Waals surface area contributed by atoms with Gasteiger partial charge in [-0.2, -0.15) is 0 Å². The van der Waals surface area contributed by atoms with Crippen molar-refractivity contribution in [2.75, 3.05) is 4.90 Å².